The number of aromatic nitrogens is 2. The molecule has 18 heavy (non-hydrogen) atoms. The average Bonchev–Trinajstić information content (AvgIpc) is 3.06. The lowest BCUT2D eigenvalue weighted by Gasteiger charge is -2.08. The molecular weight excluding hydrogens is 247 g/mol. The molecule has 0 aromatic carbocycles. The van der Waals surface area contributed by atoms with Gasteiger partial charge in [-0.1, -0.05) is 0 Å². The molecule has 0 bridgehead atoms. The number of anilines is 1. The standard InChI is InChI=1S/C11H14F3N3O/c12-11(13,14)4-1-5-15-8-6-9(18)17-10(16-8)7-2-3-7/h6-7H,1-5H2,(H2,15,16,17,18). The molecule has 0 saturated heterocycles. The van der Waals surface area contributed by atoms with Crippen molar-refractivity contribution >= 4 is 5.82 Å². The molecule has 2 rings (SSSR count). The molecule has 1 aromatic rings. The molecule has 1 saturated carbocycles. The second-order valence-electron chi connectivity index (χ2n) is 4.44. The number of hydrogen-bond donors (Lipinski definition) is 2. The lowest BCUT2D eigenvalue weighted by molar-refractivity contribution is -0.134. The van der Waals surface area contributed by atoms with Crippen molar-refractivity contribution in [2.75, 3.05) is 11.9 Å². The van der Waals surface area contributed by atoms with E-state index in [4.69, 9.17) is 0 Å². The minimum atomic E-state index is -4.14. The van der Waals surface area contributed by atoms with Crippen molar-refractivity contribution in [3.05, 3.63) is 22.2 Å². The Morgan fingerprint density at radius 2 is 2.17 bits per heavy atom. The third-order valence-corrected chi connectivity index (χ3v) is 2.67. The number of alkyl halides is 3. The first-order valence-electron chi connectivity index (χ1n) is 5.86. The van der Waals surface area contributed by atoms with Crippen molar-refractivity contribution in [2.45, 2.75) is 37.8 Å². The summed E-state index contributed by atoms with van der Waals surface area (Å²) in [6.07, 6.45) is -3.00. The predicted molar refractivity (Wildman–Crippen MR) is 60.6 cm³/mol. The molecule has 0 spiro atoms. The van der Waals surface area contributed by atoms with Crippen molar-refractivity contribution in [3.63, 3.8) is 0 Å². The van der Waals surface area contributed by atoms with Gasteiger partial charge in [0.05, 0.1) is 0 Å². The van der Waals surface area contributed by atoms with Gasteiger partial charge in [-0.05, 0) is 19.3 Å². The second kappa shape index (κ2) is 4.99. The third kappa shape index (κ3) is 4.05. The van der Waals surface area contributed by atoms with Crippen molar-refractivity contribution < 1.29 is 13.2 Å². The van der Waals surface area contributed by atoms with Gasteiger partial charge < -0.3 is 10.3 Å². The van der Waals surface area contributed by atoms with Gasteiger partial charge in [0.1, 0.15) is 11.6 Å². The van der Waals surface area contributed by atoms with Crippen molar-refractivity contribution in [2.24, 2.45) is 0 Å². The van der Waals surface area contributed by atoms with Crippen LogP contribution in [0.3, 0.4) is 0 Å². The minimum Gasteiger partial charge on any atom is -0.370 e. The Balaban J connectivity index is 1.87. The number of aromatic amines is 1. The monoisotopic (exact) mass is 261 g/mol. The average molecular weight is 261 g/mol. The van der Waals surface area contributed by atoms with Crippen molar-refractivity contribution in [1.82, 2.24) is 9.97 Å². The van der Waals surface area contributed by atoms with E-state index in [0.29, 0.717) is 17.6 Å². The molecule has 7 heteroatoms. The minimum absolute atomic E-state index is 0.0310. The molecule has 1 heterocycles. The van der Waals surface area contributed by atoms with Crippen LogP contribution in [0.25, 0.3) is 0 Å². The Morgan fingerprint density at radius 1 is 1.44 bits per heavy atom. The third-order valence-electron chi connectivity index (χ3n) is 2.67. The fraction of sp³-hybridized carbons (Fsp3) is 0.636. The second-order valence-corrected chi connectivity index (χ2v) is 4.44. The zero-order valence-electron chi connectivity index (χ0n) is 9.68. The van der Waals surface area contributed by atoms with Crippen LogP contribution in [0, 0.1) is 0 Å². The van der Waals surface area contributed by atoms with Crippen LogP contribution in [0.5, 0.6) is 0 Å². The fourth-order valence-electron chi connectivity index (χ4n) is 1.62. The maximum absolute atomic E-state index is 11.9. The summed E-state index contributed by atoms with van der Waals surface area (Å²) in [4.78, 5) is 18.1. The van der Waals surface area contributed by atoms with Gasteiger partial charge in [0.2, 0.25) is 0 Å². The maximum atomic E-state index is 11.9. The number of halogens is 3. The molecular formula is C11H14F3N3O. The van der Waals surface area contributed by atoms with E-state index in [1.807, 2.05) is 0 Å². The highest BCUT2D eigenvalue weighted by atomic mass is 19.4. The highest BCUT2D eigenvalue weighted by molar-refractivity contribution is 5.33. The van der Waals surface area contributed by atoms with Gasteiger partial charge in [-0.2, -0.15) is 13.2 Å². The summed E-state index contributed by atoms with van der Waals surface area (Å²) >= 11 is 0. The van der Waals surface area contributed by atoms with Crippen LogP contribution in [0.2, 0.25) is 0 Å². The highest BCUT2D eigenvalue weighted by Gasteiger charge is 2.27. The molecule has 0 atom stereocenters. The predicted octanol–water partition coefficient (Wildman–Crippen LogP) is 2.40. The molecule has 1 fully saturated rings. The zero-order chi connectivity index (χ0) is 13.2. The first kappa shape index (κ1) is 12.9. The SMILES string of the molecule is O=c1cc(NCCCC(F)(F)F)nc(C2CC2)[nH]1. The van der Waals surface area contributed by atoms with E-state index in [9.17, 15) is 18.0 Å². The van der Waals surface area contributed by atoms with E-state index in [1.54, 1.807) is 0 Å². The van der Waals surface area contributed by atoms with Gasteiger partial charge in [0.15, 0.2) is 0 Å². The Morgan fingerprint density at radius 3 is 2.78 bits per heavy atom. The molecule has 1 aliphatic carbocycles. The van der Waals surface area contributed by atoms with E-state index >= 15 is 0 Å². The van der Waals surface area contributed by atoms with Crippen molar-refractivity contribution in [1.29, 1.82) is 0 Å². The number of H-pyrrole nitrogens is 1. The highest BCUT2D eigenvalue weighted by Crippen LogP contribution is 2.37. The van der Waals surface area contributed by atoms with Crippen LogP contribution in [0.4, 0.5) is 19.0 Å². The van der Waals surface area contributed by atoms with Crippen LogP contribution in [0.15, 0.2) is 10.9 Å². The molecule has 2 N–H and O–H groups in total. The quantitative estimate of drug-likeness (QED) is 0.800. The van der Waals surface area contributed by atoms with Gasteiger partial charge in [0, 0.05) is 24.9 Å². The van der Waals surface area contributed by atoms with Crippen LogP contribution in [0.1, 0.15) is 37.4 Å². The first-order valence-corrected chi connectivity index (χ1v) is 5.86. The topological polar surface area (TPSA) is 57.8 Å². The molecule has 1 aliphatic rings. The summed E-state index contributed by atoms with van der Waals surface area (Å²) in [5.41, 5.74) is -0.273. The Kier molecular flexibility index (Phi) is 3.58. The van der Waals surface area contributed by atoms with Gasteiger partial charge in [-0.3, -0.25) is 4.79 Å². The number of nitrogens with zero attached hydrogens (tertiary/aromatic N) is 1. The summed E-state index contributed by atoms with van der Waals surface area (Å²) in [5, 5.41) is 2.75. The summed E-state index contributed by atoms with van der Waals surface area (Å²) in [5.74, 6) is 1.28. The Bertz CT molecular complexity index is 465. The molecule has 0 unspecified atom stereocenters. The van der Waals surface area contributed by atoms with Crippen LogP contribution in [-0.2, 0) is 0 Å². The lowest BCUT2D eigenvalue weighted by atomic mass is 10.3. The molecule has 0 radical (unpaired) electrons. The summed E-state index contributed by atoms with van der Waals surface area (Å²) in [7, 11) is 0. The number of hydrogen-bond acceptors (Lipinski definition) is 3. The van der Waals surface area contributed by atoms with E-state index in [1.165, 1.54) is 6.07 Å². The van der Waals surface area contributed by atoms with Crippen molar-refractivity contribution in [3.8, 4) is 0 Å². The largest absolute Gasteiger partial charge is 0.389 e. The number of nitrogens with one attached hydrogen (secondary N) is 2. The molecule has 0 amide bonds. The van der Waals surface area contributed by atoms with Crippen LogP contribution in [-0.4, -0.2) is 22.7 Å². The van der Waals surface area contributed by atoms with E-state index in [-0.39, 0.29) is 18.5 Å². The summed E-state index contributed by atoms with van der Waals surface area (Å²) < 4.78 is 35.8. The Hall–Kier alpha value is -1.53. The molecule has 1 aromatic heterocycles. The number of rotatable bonds is 5. The molecule has 4 nitrogen and oxygen atoms in total. The van der Waals surface area contributed by atoms with Crippen LogP contribution >= 0.6 is 0 Å². The van der Waals surface area contributed by atoms with Gasteiger partial charge >= 0.3 is 6.18 Å². The van der Waals surface area contributed by atoms with E-state index in [0.717, 1.165) is 12.8 Å². The maximum Gasteiger partial charge on any atom is 0.389 e. The normalized spacial score (nSPS) is 15.7. The first-order chi connectivity index (χ1) is 8.44. The van der Waals surface area contributed by atoms with Gasteiger partial charge in [-0.25, -0.2) is 4.98 Å². The Labute approximate surface area is 102 Å². The van der Waals surface area contributed by atoms with Gasteiger partial charge in [-0.15, -0.1) is 0 Å². The van der Waals surface area contributed by atoms with E-state index in [2.05, 4.69) is 15.3 Å². The molecule has 100 valence electrons. The zero-order valence-corrected chi connectivity index (χ0v) is 9.68. The fourth-order valence-corrected chi connectivity index (χ4v) is 1.62. The summed E-state index contributed by atoms with van der Waals surface area (Å²) in [6, 6.07) is 1.26. The summed E-state index contributed by atoms with van der Waals surface area (Å²) in [6.45, 7) is 0.153. The van der Waals surface area contributed by atoms with Gasteiger partial charge in [0.25, 0.3) is 5.56 Å². The van der Waals surface area contributed by atoms with Crippen LogP contribution < -0.4 is 10.9 Å². The smallest absolute Gasteiger partial charge is 0.370 e. The molecule has 0 aliphatic heterocycles. The van der Waals surface area contributed by atoms with E-state index < -0.39 is 12.6 Å². The lowest BCUT2D eigenvalue weighted by Crippen LogP contribution is -2.15.